The van der Waals surface area contributed by atoms with E-state index in [2.05, 4.69) is 19.2 Å². The lowest BCUT2D eigenvalue weighted by Gasteiger charge is -2.26. The van der Waals surface area contributed by atoms with Gasteiger partial charge in [0.25, 0.3) is 0 Å². The maximum Gasteiger partial charge on any atom is 0.311 e. The number of hydrogen-bond donors (Lipinski definition) is 2. The molecule has 4 heteroatoms. The second kappa shape index (κ2) is 13.6. The first-order valence-corrected chi connectivity index (χ1v) is 11.9. The maximum atomic E-state index is 12.0. The molecule has 0 spiro atoms. The first kappa shape index (κ1) is 23.7. The van der Waals surface area contributed by atoms with Crippen molar-refractivity contribution in [2.75, 3.05) is 0 Å². The first-order valence-electron chi connectivity index (χ1n) is 11.9. The van der Waals surface area contributed by atoms with Gasteiger partial charge in [-0.05, 0) is 50.3 Å². The summed E-state index contributed by atoms with van der Waals surface area (Å²) >= 11 is 0. The van der Waals surface area contributed by atoms with Crippen molar-refractivity contribution in [2.45, 2.75) is 116 Å². The second-order valence-electron chi connectivity index (χ2n) is 8.75. The molecule has 1 aromatic carbocycles. The number of unbranched alkanes of at least 4 members (excludes halogenated alkanes) is 6. The highest BCUT2D eigenvalue weighted by Gasteiger charge is 2.16. The number of hydrogen-bond acceptors (Lipinski definition) is 4. The van der Waals surface area contributed by atoms with Crippen LogP contribution in [-0.2, 0) is 11.2 Å². The van der Waals surface area contributed by atoms with Gasteiger partial charge < -0.3 is 15.2 Å². The molecule has 29 heavy (non-hydrogen) atoms. The highest BCUT2D eigenvalue weighted by atomic mass is 16.5. The minimum atomic E-state index is -0.256. The lowest BCUT2D eigenvalue weighted by atomic mass is 9.94. The number of nitrogens with one attached hydrogen (secondary N) is 1. The van der Waals surface area contributed by atoms with E-state index in [0.29, 0.717) is 18.5 Å². The Bertz CT molecular complexity index is 596. The summed E-state index contributed by atoms with van der Waals surface area (Å²) in [6.45, 7) is 4.41. The van der Waals surface area contributed by atoms with Crippen LogP contribution in [0.5, 0.6) is 11.5 Å². The third-order valence-electron chi connectivity index (χ3n) is 5.90. The molecule has 1 atom stereocenters. The monoisotopic (exact) mass is 403 g/mol. The summed E-state index contributed by atoms with van der Waals surface area (Å²) in [6.07, 6.45) is 16.0. The molecule has 0 radical (unpaired) electrons. The number of carbonyl (C=O) groups excluding carboxylic acids is 1. The smallest absolute Gasteiger partial charge is 0.311 e. The second-order valence-corrected chi connectivity index (χ2v) is 8.75. The van der Waals surface area contributed by atoms with Crippen molar-refractivity contribution in [3.05, 3.63) is 23.8 Å². The quantitative estimate of drug-likeness (QED) is 0.231. The van der Waals surface area contributed by atoms with Gasteiger partial charge in [-0.3, -0.25) is 4.79 Å². The van der Waals surface area contributed by atoms with Crippen LogP contribution in [0.3, 0.4) is 0 Å². The molecule has 1 aliphatic carbocycles. The van der Waals surface area contributed by atoms with E-state index in [4.69, 9.17) is 4.74 Å². The van der Waals surface area contributed by atoms with Crippen LogP contribution >= 0.6 is 0 Å². The Morgan fingerprint density at radius 3 is 2.48 bits per heavy atom. The Labute approximate surface area is 177 Å². The minimum absolute atomic E-state index is 0.0558. The van der Waals surface area contributed by atoms with E-state index < -0.39 is 0 Å². The zero-order valence-corrected chi connectivity index (χ0v) is 18.5. The molecule has 1 fully saturated rings. The van der Waals surface area contributed by atoms with E-state index in [9.17, 15) is 9.90 Å². The van der Waals surface area contributed by atoms with Crippen LogP contribution < -0.4 is 10.1 Å². The fourth-order valence-electron chi connectivity index (χ4n) is 4.26. The van der Waals surface area contributed by atoms with Gasteiger partial charge >= 0.3 is 5.97 Å². The molecule has 1 unspecified atom stereocenters. The molecule has 1 aromatic rings. The number of ether oxygens (including phenoxy) is 1. The normalized spacial score (nSPS) is 15.9. The van der Waals surface area contributed by atoms with E-state index in [1.165, 1.54) is 64.2 Å². The van der Waals surface area contributed by atoms with Crippen LogP contribution in [0.1, 0.15) is 103 Å². The van der Waals surface area contributed by atoms with Crippen molar-refractivity contribution in [3.8, 4) is 11.5 Å². The van der Waals surface area contributed by atoms with E-state index >= 15 is 0 Å². The largest absolute Gasteiger partial charge is 0.504 e. The van der Waals surface area contributed by atoms with Gasteiger partial charge in [-0.15, -0.1) is 0 Å². The summed E-state index contributed by atoms with van der Waals surface area (Å²) in [5.74, 6) is 0.0730. The van der Waals surface area contributed by atoms with Crippen LogP contribution in [-0.4, -0.2) is 23.2 Å². The van der Waals surface area contributed by atoms with E-state index in [1.807, 2.05) is 6.07 Å². The number of benzene rings is 1. The lowest BCUT2D eigenvalue weighted by Crippen LogP contribution is -2.38. The first-order chi connectivity index (χ1) is 14.1. The highest BCUT2D eigenvalue weighted by Crippen LogP contribution is 2.28. The number of rotatable bonds is 13. The Morgan fingerprint density at radius 2 is 1.79 bits per heavy atom. The third-order valence-corrected chi connectivity index (χ3v) is 5.90. The van der Waals surface area contributed by atoms with Gasteiger partial charge in [-0.2, -0.15) is 0 Å². The Hall–Kier alpha value is -1.55. The maximum absolute atomic E-state index is 12.0. The van der Waals surface area contributed by atoms with Crippen molar-refractivity contribution in [3.63, 3.8) is 0 Å². The number of carbonyl (C=O) groups is 1. The molecule has 2 N–H and O–H groups in total. The summed E-state index contributed by atoms with van der Waals surface area (Å²) in [4.78, 5) is 12.0. The van der Waals surface area contributed by atoms with Gasteiger partial charge in [0.2, 0.25) is 0 Å². The zero-order valence-electron chi connectivity index (χ0n) is 18.5. The van der Waals surface area contributed by atoms with Gasteiger partial charge in [-0.25, -0.2) is 0 Å². The molecular weight excluding hydrogens is 362 g/mol. The predicted octanol–water partition coefficient (Wildman–Crippen LogP) is 6.29. The van der Waals surface area contributed by atoms with Crippen molar-refractivity contribution >= 4 is 5.97 Å². The molecule has 164 valence electrons. The topological polar surface area (TPSA) is 58.6 Å². The number of phenolic OH excluding ortho intramolecular Hbond substituents is 1. The van der Waals surface area contributed by atoms with E-state index in [-0.39, 0.29) is 17.5 Å². The molecule has 1 saturated carbocycles. The van der Waals surface area contributed by atoms with E-state index in [1.54, 1.807) is 12.1 Å². The average molecular weight is 404 g/mol. The summed E-state index contributed by atoms with van der Waals surface area (Å²) in [5, 5.41) is 14.0. The molecule has 0 heterocycles. The van der Waals surface area contributed by atoms with Gasteiger partial charge in [0, 0.05) is 18.5 Å². The SMILES string of the molecule is CCCCCCCCCC(=O)Oc1ccc(CC(C)NC2CCCCC2)cc1O. The Kier molecular flexibility index (Phi) is 11.2. The number of phenols is 1. The Balaban J connectivity index is 1.69. The average Bonchev–Trinajstić information content (AvgIpc) is 2.70. The molecule has 1 aliphatic rings. The van der Waals surface area contributed by atoms with E-state index in [0.717, 1.165) is 24.8 Å². The molecule has 2 rings (SSSR count). The molecule has 0 aromatic heterocycles. The molecule has 0 bridgehead atoms. The number of aromatic hydroxyl groups is 1. The summed E-state index contributed by atoms with van der Waals surface area (Å²) < 4.78 is 5.37. The van der Waals surface area contributed by atoms with Crippen LogP contribution in [0.25, 0.3) is 0 Å². The van der Waals surface area contributed by atoms with Crippen LogP contribution in [0.15, 0.2) is 18.2 Å². The standard InChI is InChI=1S/C25H41NO3/c1-3-4-5-6-7-8-12-15-25(28)29-24-17-16-21(19-23(24)27)18-20(2)26-22-13-10-9-11-14-22/h16-17,19-20,22,26-27H,3-15,18H2,1-2H3. The van der Waals surface area contributed by atoms with Crippen molar-refractivity contribution < 1.29 is 14.6 Å². The van der Waals surface area contributed by atoms with Crippen molar-refractivity contribution in [2.24, 2.45) is 0 Å². The van der Waals surface area contributed by atoms with Gasteiger partial charge in [0.1, 0.15) is 0 Å². The molecule has 0 amide bonds. The highest BCUT2D eigenvalue weighted by molar-refractivity contribution is 5.73. The zero-order chi connectivity index (χ0) is 20.9. The molecular formula is C25H41NO3. The third kappa shape index (κ3) is 9.66. The number of esters is 1. The summed E-state index contributed by atoms with van der Waals surface area (Å²) in [5.41, 5.74) is 1.06. The van der Waals surface area contributed by atoms with Crippen LogP contribution in [0.4, 0.5) is 0 Å². The molecule has 4 nitrogen and oxygen atoms in total. The van der Waals surface area contributed by atoms with Gasteiger partial charge in [-0.1, -0.05) is 70.8 Å². The lowest BCUT2D eigenvalue weighted by molar-refractivity contribution is -0.134. The summed E-state index contributed by atoms with van der Waals surface area (Å²) in [7, 11) is 0. The summed E-state index contributed by atoms with van der Waals surface area (Å²) in [6, 6.07) is 6.40. The molecule has 0 aliphatic heterocycles. The fraction of sp³-hybridized carbons (Fsp3) is 0.720. The Morgan fingerprint density at radius 1 is 1.10 bits per heavy atom. The van der Waals surface area contributed by atoms with Crippen molar-refractivity contribution in [1.82, 2.24) is 5.32 Å². The van der Waals surface area contributed by atoms with Gasteiger partial charge in [0.05, 0.1) is 0 Å². The van der Waals surface area contributed by atoms with Crippen LogP contribution in [0.2, 0.25) is 0 Å². The fourth-order valence-corrected chi connectivity index (χ4v) is 4.26. The molecule has 0 saturated heterocycles. The predicted molar refractivity (Wildman–Crippen MR) is 120 cm³/mol. The van der Waals surface area contributed by atoms with Crippen molar-refractivity contribution in [1.29, 1.82) is 0 Å². The van der Waals surface area contributed by atoms with Gasteiger partial charge in [0.15, 0.2) is 11.5 Å². The van der Waals surface area contributed by atoms with Crippen LogP contribution in [0, 0.1) is 0 Å². The minimum Gasteiger partial charge on any atom is -0.504 e.